The van der Waals surface area contributed by atoms with Crippen molar-refractivity contribution in [2.45, 2.75) is 37.6 Å². The number of nitrogens with one attached hydrogen (secondary N) is 1. The van der Waals surface area contributed by atoms with Crippen LogP contribution in [0.15, 0.2) is 47.4 Å². The van der Waals surface area contributed by atoms with Gasteiger partial charge in [-0.3, -0.25) is 19.3 Å². The minimum atomic E-state index is -2.64. The molecule has 0 aliphatic heterocycles. The number of aliphatic hydroxyl groups excluding tert-OH is 2. The number of carbonyl (C=O) groups excluding carboxylic acids is 3. The predicted molar refractivity (Wildman–Crippen MR) is 140 cm³/mol. The summed E-state index contributed by atoms with van der Waals surface area (Å²) in [7, 11) is 5.09. The first-order valence-corrected chi connectivity index (χ1v) is 12.7. The van der Waals surface area contributed by atoms with Gasteiger partial charge in [0.15, 0.2) is 11.4 Å². The molecular weight excluding hydrogens is 504 g/mol. The number of rotatable bonds is 6. The number of amides is 1. The van der Waals surface area contributed by atoms with Gasteiger partial charge in [-0.2, -0.15) is 0 Å². The van der Waals surface area contributed by atoms with E-state index in [0.29, 0.717) is 18.7 Å². The molecule has 0 saturated heterocycles. The number of fused-ring (bicyclic) bond motifs is 3. The quantitative estimate of drug-likeness (QED) is 0.288. The van der Waals surface area contributed by atoms with Gasteiger partial charge in [0, 0.05) is 43.5 Å². The molecule has 1 heterocycles. The first kappa shape index (κ1) is 26.7. The molecule has 0 bridgehead atoms. The summed E-state index contributed by atoms with van der Waals surface area (Å²) in [6.07, 6.45) is 2.25. The molecule has 1 fully saturated rings. The molecule has 3 aliphatic rings. The zero-order valence-corrected chi connectivity index (χ0v) is 21.9. The van der Waals surface area contributed by atoms with Crippen LogP contribution in [-0.4, -0.2) is 73.1 Å². The Bertz CT molecular complexity index is 1470. The van der Waals surface area contributed by atoms with Gasteiger partial charge in [-0.15, -0.1) is 0 Å². The molecule has 1 aromatic heterocycles. The molecule has 39 heavy (non-hydrogen) atoms. The van der Waals surface area contributed by atoms with Gasteiger partial charge in [-0.25, -0.2) is 0 Å². The molecule has 4 atom stereocenters. The molecule has 11 nitrogen and oxygen atoms in total. The molecule has 3 aliphatic carbocycles. The van der Waals surface area contributed by atoms with E-state index in [4.69, 9.17) is 5.73 Å². The normalized spacial score (nSPS) is 26.5. The minimum absolute atomic E-state index is 0.0532. The molecule has 1 aromatic carbocycles. The third kappa shape index (κ3) is 3.88. The van der Waals surface area contributed by atoms with Gasteiger partial charge in [-0.05, 0) is 62.2 Å². The largest absolute Gasteiger partial charge is 0.508 e. The van der Waals surface area contributed by atoms with Crippen LogP contribution in [-0.2, 0) is 40.9 Å². The molecular formula is C28H32N4O7. The van der Waals surface area contributed by atoms with Crippen LogP contribution in [0.1, 0.15) is 28.8 Å². The fourth-order valence-electron chi connectivity index (χ4n) is 6.48. The van der Waals surface area contributed by atoms with Crippen LogP contribution in [0, 0.1) is 11.8 Å². The number of primary amides is 1. The number of nitrogens with zero attached hydrogens (tertiary/aromatic N) is 2. The van der Waals surface area contributed by atoms with Crippen molar-refractivity contribution in [2.75, 3.05) is 14.1 Å². The topological polar surface area (TPSA) is 178 Å². The smallest absolute Gasteiger partial charge is 0.255 e. The van der Waals surface area contributed by atoms with E-state index in [0.717, 1.165) is 11.3 Å². The number of aromatic hydroxyl groups is 1. The van der Waals surface area contributed by atoms with E-state index in [1.807, 2.05) is 29.9 Å². The minimum Gasteiger partial charge on any atom is -0.508 e. The van der Waals surface area contributed by atoms with E-state index in [2.05, 4.69) is 5.32 Å². The lowest BCUT2D eigenvalue weighted by atomic mass is 9.57. The van der Waals surface area contributed by atoms with Gasteiger partial charge < -0.3 is 36.0 Å². The Morgan fingerprint density at radius 3 is 2.51 bits per heavy atom. The number of benzene rings is 1. The van der Waals surface area contributed by atoms with Crippen LogP contribution >= 0.6 is 0 Å². The second-order valence-electron chi connectivity index (χ2n) is 10.8. The van der Waals surface area contributed by atoms with E-state index in [-0.39, 0.29) is 29.7 Å². The first-order valence-electron chi connectivity index (χ1n) is 12.7. The maximum Gasteiger partial charge on any atom is 0.255 e. The lowest BCUT2D eigenvalue weighted by molar-refractivity contribution is -0.153. The van der Waals surface area contributed by atoms with Gasteiger partial charge in [0.05, 0.1) is 11.6 Å². The van der Waals surface area contributed by atoms with Gasteiger partial charge in [0.1, 0.15) is 22.8 Å². The Labute approximate surface area is 224 Å². The number of carbonyl (C=O) groups is 3. The highest BCUT2D eigenvalue weighted by atomic mass is 16.3. The van der Waals surface area contributed by atoms with E-state index in [1.165, 1.54) is 11.0 Å². The fourth-order valence-corrected chi connectivity index (χ4v) is 6.48. The van der Waals surface area contributed by atoms with Crippen molar-refractivity contribution >= 4 is 23.2 Å². The van der Waals surface area contributed by atoms with E-state index in [1.54, 1.807) is 20.2 Å². The van der Waals surface area contributed by atoms with Gasteiger partial charge in [0.2, 0.25) is 5.78 Å². The summed E-state index contributed by atoms with van der Waals surface area (Å²) in [5.41, 5.74) is 4.35. The molecule has 7 N–H and O–H groups in total. The third-order valence-corrected chi connectivity index (χ3v) is 8.37. The predicted octanol–water partition coefficient (Wildman–Crippen LogP) is 0.592. The summed E-state index contributed by atoms with van der Waals surface area (Å²) in [5.74, 6) is -6.59. The number of aromatic nitrogens is 1. The molecule has 1 saturated carbocycles. The molecule has 5 rings (SSSR count). The molecule has 11 heteroatoms. The number of phenolic OH excluding ortho intramolecular Hbond substituents is 1. The van der Waals surface area contributed by atoms with Crippen LogP contribution in [0.25, 0.3) is 5.76 Å². The van der Waals surface area contributed by atoms with Crippen molar-refractivity contribution in [3.63, 3.8) is 0 Å². The molecule has 0 spiro atoms. The molecule has 2 aromatic rings. The summed E-state index contributed by atoms with van der Waals surface area (Å²) in [5, 5.41) is 48.0. The highest BCUT2D eigenvalue weighted by molar-refractivity contribution is 6.24. The van der Waals surface area contributed by atoms with Crippen molar-refractivity contribution in [3.05, 3.63) is 69.8 Å². The average molecular weight is 537 g/mol. The van der Waals surface area contributed by atoms with Crippen LogP contribution < -0.4 is 11.1 Å². The number of hydrogen-bond acceptors (Lipinski definition) is 9. The van der Waals surface area contributed by atoms with Crippen molar-refractivity contribution < 1.29 is 34.8 Å². The summed E-state index contributed by atoms with van der Waals surface area (Å²) in [4.78, 5) is 40.6. The number of likely N-dealkylation sites (N-methyl/N-ethyl adjacent to an activating group) is 1. The zero-order chi connectivity index (χ0) is 28.4. The first-order chi connectivity index (χ1) is 18.4. The Kier molecular flexibility index (Phi) is 6.41. The van der Waals surface area contributed by atoms with Gasteiger partial charge >= 0.3 is 0 Å². The number of nitrogens with two attached hydrogens (primary N) is 1. The zero-order valence-electron chi connectivity index (χ0n) is 21.9. The summed E-state index contributed by atoms with van der Waals surface area (Å²) in [6.45, 7) is 1.01. The van der Waals surface area contributed by atoms with Crippen molar-refractivity contribution in [1.29, 1.82) is 0 Å². The Hall–Kier alpha value is -3.93. The fraction of sp³-hybridized carbons (Fsp3) is 0.393. The summed E-state index contributed by atoms with van der Waals surface area (Å²) >= 11 is 0. The second kappa shape index (κ2) is 9.37. The van der Waals surface area contributed by atoms with Crippen LogP contribution in [0.5, 0.6) is 5.75 Å². The SMILES string of the molecule is CN(C)C1C(=O)C(C(N)=O)=C(O)C2(O)C(=O)C3=C(O)c4c(O)ccc(CNCc5cccn5C)c4CC3CC12. The Morgan fingerprint density at radius 1 is 1.18 bits per heavy atom. The average Bonchev–Trinajstić information content (AvgIpc) is 3.26. The van der Waals surface area contributed by atoms with Gasteiger partial charge in [0.25, 0.3) is 5.91 Å². The van der Waals surface area contributed by atoms with Crippen molar-refractivity contribution in [1.82, 2.24) is 14.8 Å². The van der Waals surface area contributed by atoms with Crippen molar-refractivity contribution in [2.24, 2.45) is 24.6 Å². The number of aryl methyl sites for hydroxylation is 1. The second-order valence-corrected chi connectivity index (χ2v) is 10.8. The molecule has 206 valence electrons. The molecule has 0 radical (unpaired) electrons. The van der Waals surface area contributed by atoms with Crippen molar-refractivity contribution in [3.8, 4) is 5.75 Å². The summed E-state index contributed by atoms with van der Waals surface area (Å²) in [6, 6.07) is 6.02. The van der Waals surface area contributed by atoms with E-state index in [9.17, 15) is 34.8 Å². The van der Waals surface area contributed by atoms with Crippen LogP contribution in [0.4, 0.5) is 0 Å². The Morgan fingerprint density at radius 2 is 1.90 bits per heavy atom. The molecule has 4 unspecified atom stereocenters. The number of Topliss-reactive ketones (excluding diaryl/α,β-unsaturated/α-hetero) is 2. The highest BCUT2D eigenvalue weighted by Crippen LogP contribution is 2.52. The maximum absolute atomic E-state index is 13.9. The summed E-state index contributed by atoms with van der Waals surface area (Å²) < 4.78 is 2.00. The highest BCUT2D eigenvalue weighted by Gasteiger charge is 2.64. The third-order valence-electron chi connectivity index (χ3n) is 8.37. The number of aliphatic hydroxyl groups is 3. The maximum atomic E-state index is 13.9. The number of phenols is 1. The standard InChI is InChI=1S/C28H32N4O7/c1-31(2)22-17-10-14-9-16-13(11-30-12-15-5-4-8-32(15)3)6-7-18(33)20(16)23(34)19(14)25(36)28(17,39)26(37)21(24(22)35)27(29)38/h4-8,14,17,22,30,33-34,37,39H,9-12H2,1-3H3,(H2,29,38). The number of ketones is 2. The lowest BCUT2D eigenvalue weighted by Crippen LogP contribution is -2.65. The Balaban J connectivity index is 1.58. The van der Waals surface area contributed by atoms with Crippen LogP contribution in [0.3, 0.4) is 0 Å². The number of hydrogen-bond donors (Lipinski definition) is 6. The monoisotopic (exact) mass is 536 g/mol. The van der Waals surface area contributed by atoms with Gasteiger partial charge in [-0.1, -0.05) is 6.07 Å². The molecule has 1 amide bonds. The lowest BCUT2D eigenvalue weighted by Gasteiger charge is -2.50. The van der Waals surface area contributed by atoms with E-state index >= 15 is 0 Å². The van der Waals surface area contributed by atoms with Crippen LogP contribution in [0.2, 0.25) is 0 Å². The van der Waals surface area contributed by atoms with E-state index < -0.39 is 58.0 Å².